The normalized spacial score (nSPS) is 18.8. The molecule has 0 saturated carbocycles. The summed E-state index contributed by atoms with van der Waals surface area (Å²) in [7, 11) is 0. The van der Waals surface area contributed by atoms with Crippen LogP contribution in [-0.2, 0) is 14.4 Å². The van der Waals surface area contributed by atoms with Crippen LogP contribution in [0.4, 0.5) is 0 Å². The van der Waals surface area contributed by atoms with Gasteiger partial charge in [0.2, 0.25) is 0 Å². The average molecular weight is 444 g/mol. The first-order valence-corrected chi connectivity index (χ1v) is 9.45. The van der Waals surface area contributed by atoms with Crippen molar-refractivity contribution in [3.8, 4) is 0 Å². The van der Waals surface area contributed by atoms with Gasteiger partial charge in [0.05, 0.1) is 0 Å². The SMILES string of the molecule is N[I-]NC(=O)CN1CCN(CC(=O)O)CCN(CC(=O)O)CC1. The number of carbonyl (C=O) groups excluding carboxylic acids is 1. The monoisotopic (exact) mass is 444 g/mol. The van der Waals surface area contributed by atoms with Crippen LogP contribution in [0.3, 0.4) is 0 Å². The molecule has 0 atom stereocenters. The van der Waals surface area contributed by atoms with E-state index in [1.165, 1.54) is 0 Å². The van der Waals surface area contributed by atoms with Crippen molar-refractivity contribution >= 4 is 17.8 Å². The second kappa shape index (κ2) is 10.7. The van der Waals surface area contributed by atoms with E-state index in [0.29, 0.717) is 39.3 Å². The van der Waals surface area contributed by atoms with E-state index in [1.807, 2.05) is 4.90 Å². The molecule has 0 aromatic rings. The molecule has 0 aromatic carbocycles. The van der Waals surface area contributed by atoms with E-state index in [1.54, 1.807) is 9.80 Å². The van der Waals surface area contributed by atoms with E-state index < -0.39 is 33.7 Å². The number of nitrogens with one attached hydrogen (secondary N) is 1. The third-order valence-electron chi connectivity index (χ3n) is 3.44. The molecular weight excluding hydrogens is 421 g/mol. The van der Waals surface area contributed by atoms with Crippen LogP contribution in [0.5, 0.6) is 0 Å². The fourth-order valence-electron chi connectivity index (χ4n) is 2.33. The van der Waals surface area contributed by atoms with Crippen molar-refractivity contribution in [1.82, 2.24) is 18.2 Å². The molecule has 11 heteroatoms. The molecule has 0 spiro atoms. The number of carboxylic acid groups (broad SMARTS) is 2. The number of nitrogens with zero attached hydrogens (tertiary/aromatic N) is 3. The van der Waals surface area contributed by atoms with E-state index in [9.17, 15) is 14.4 Å². The molecule has 1 rings (SSSR count). The van der Waals surface area contributed by atoms with Crippen LogP contribution < -0.4 is 29.2 Å². The maximum absolute atomic E-state index is 11.7. The number of hydrogen-bond donors (Lipinski definition) is 4. The Kier molecular flexibility index (Phi) is 9.31. The van der Waals surface area contributed by atoms with Gasteiger partial charge in [-0.3, -0.25) is 0 Å². The van der Waals surface area contributed by atoms with Crippen LogP contribution in [0.1, 0.15) is 0 Å². The Labute approximate surface area is 145 Å². The van der Waals surface area contributed by atoms with Crippen molar-refractivity contribution < 1.29 is 46.3 Å². The Morgan fingerprint density at radius 3 is 1.48 bits per heavy atom. The molecule has 10 nitrogen and oxygen atoms in total. The number of amides is 1. The van der Waals surface area contributed by atoms with Crippen molar-refractivity contribution in [2.24, 2.45) is 3.95 Å². The number of rotatable bonds is 7. The zero-order valence-electron chi connectivity index (χ0n) is 12.8. The van der Waals surface area contributed by atoms with Crippen molar-refractivity contribution in [3.05, 3.63) is 0 Å². The van der Waals surface area contributed by atoms with E-state index in [4.69, 9.17) is 14.2 Å². The quantitative estimate of drug-likeness (QED) is 0.223. The zero-order chi connectivity index (χ0) is 17.2. The molecule has 0 aliphatic carbocycles. The summed E-state index contributed by atoms with van der Waals surface area (Å²) >= 11 is -0.824. The van der Waals surface area contributed by atoms with Gasteiger partial charge in [-0.1, -0.05) is 0 Å². The summed E-state index contributed by atoms with van der Waals surface area (Å²) < 4.78 is 8.00. The molecule has 0 bridgehead atoms. The Bertz CT molecular complexity index is 397. The predicted octanol–water partition coefficient (Wildman–Crippen LogP) is -5.93. The first kappa shape index (κ1) is 20.0. The van der Waals surface area contributed by atoms with E-state index in [2.05, 4.69) is 3.53 Å². The van der Waals surface area contributed by atoms with Crippen molar-refractivity contribution in [1.29, 1.82) is 0 Å². The van der Waals surface area contributed by atoms with Crippen LogP contribution in [0.25, 0.3) is 0 Å². The summed E-state index contributed by atoms with van der Waals surface area (Å²) in [6, 6.07) is 0. The third-order valence-corrected chi connectivity index (χ3v) is 4.36. The summed E-state index contributed by atoms with van der Waals surface area (Å²) in [6.45, 7) is 3.05. The van der Waals surface area contributed by atoms with Gasteiger partial charge in [-0.05, 0) is 0 Å². The van der Waals surface area contributed by atoms with Crippen LogP contribution >= 0.6 is 0 Å². The van der Waals surface area contributed by atoms with Gasteiger partial charge in [0.1, 0.15) is 0 Å². The van der Waals surface area contributed by atoms with Crippen molar-refractivity contribution in [2.45, 2.75) is 0 Å². The van der Waals surface area contributed by atoms with Gasteiger partial charge in [0.25, 0.3) is 0 Å². The number of carbonyl (C=O) groups is 3. The molecule has 1 heterocycles. The summed E-state index contributed by atoms with van der Waals surface area (Å²) in [5.74, 6) is -2.01. The number of nitrogens with two attached hydrogens (primary N) is 1. The summed E-state index contributed by atoms with van der Waals surface area (Å²) in [4.78, 5) is 38.9. The summed E-state index contributed by atoms with van der Waals surface area (Å²) in [5.41, 5.74) is 0. The van der Waals surface area contributed by atoms with Crippen LogP contribution in [0.15, 0.2) is 0 Å². The molecule has 1 amide bonds. The van der Waals surface area contributed by atoms with E-state index >= 15 is 0 Å². The summed E-state index contributed by atoms with van der Waals surface area (Å²) in [5, 5.41) is 17.9. The molecule has 1 fully saturated rings. The Hall–Kier alpha value is -1.02. The molecule has 1 aliphatic heterocycles. The van der Waals surface area contributed by atoms with E-state index in [-0.39, 0.29) is 25.5 Å². The Morgan fingerprint density at radius 1 is 0.826 bits per heavy atom. The standard InChI is InChI=1S/C12H23IN5O5/c14-13-15-10(19)7-16-1-3-17(8-11(20)21)5-6-18(4-2-16)9-12(22)23/h1-9,14H2,(H,15,19)(H,20,21)(H,22,23)/q-1. The van der Waals surface area contributed by atoms with Gasteiger partial charge in [0, 0.05) is 0 Å². The molecular formula is C12H23IN5O5-. The number of hydrogen-bond acceptors (Lipinski definition) is 7. The minimum atomic E-state index is -0.925. The maximum atomic E-state index is 11.7. The van der Waals surface area contributed by atoms with Gasteiger partial charge in [-0.2, -0.15) is 0 Å². The Morgan fingerprint density at radius 2 is 1.17 bits per heavy atom. The fourth-order valence-corrected chi connectivity index (χ4v) is 2.85. The second-order valence-electron chi connectivity index (χ2n) is 5.24. The zero-order valence-corrected chi connectivity index (χ0v) is 14.9. The van der Waals surface area contributed by atoms with E-state index in [0.717, 1.165) is 0 Å². The second-order valence-corrected chi connectivity index (χ2v) is 6.40. The van der Waals surface area contributed by atoms with Crippen LogP contribution in [0.2, 0.25) is 0 Å². The molecule has 0 unspecified atom stereocenters. The first-order chi connectivity index (χ1) is 10.9. The van der Waals surface area contributed by atoms with Gasteiger partial charge >= 0.3 is 145 Å². The Balaban J connectivity index is 2.68. The van der Waals surface area contributed by atoms with Crippen LogP contribution in [-0.4, -0.2) is 102 Å². The topological polar surface area (TPSA) is 139 Å². The van der Waals surface area contributed by atoms with Gasteiger partial charge < -0.3 is 0 Å². The number of carboxylic acids is 2. The van der Waals surface area contributed by atoms with Gasteiger partial charge in [0.15, 0.2) is 0 Å². The summed E-state index contributed by atoms with van der Waals surface area (Å²) in [6.07, 6.45) is 0. The average Bonchev–Trinajstić information content (AvgIpc) is 2.52. The fraction of sp³-hybridized carbons (Fsp3) is 0.750. The van der Waals surface area contributed by atoms with Gasteiger partial charge in [-0.25, -0.2) is 0 Å². The molecule has 5 N–H and O–H groups in total. The van der Waals surface area contributed by atoms with Crippen molar-refractivity contribution in [3.63, 3.8) is 0 Å². The van der Waals surface area contributed by atoms with Crippen LogP contribution in [0, 0.1) is 0 Å². The first-order valence-electron chi connectivity index (χ1n) is 7.12. The molecule has 1 aliphatic rings. The minimum absolute atomic E-state index is 0.102. The molecule has 23 heavy (non-hydrogen) atoms. The molecule has 0 radical (unpaired) electrons. The van der Waals surface area contributed by atoms with Crippen molar-refractivity contribution in [2.75, 3.05) is 58.9 Å². The van der Waals surface area contributed by atoms with Gasteiger partial charge in [-0.15, -0.1) is 0 Å². The third kappa shape index (κ3) is 9.00. The molecule has 134 valence electrons. The predicted molar refractivity (Wildman–Crippen MR) is 76.9 cm³/mol. The number of halogens is 1. The molecule has 1 saturated heterocycles. The molecule has 0 aromatic heterocycles. The number of aliphatic carboxylic acids is 2.